The first-order valence-electron chi connectivity index (χ1n) is 7.03. The number of hydrogen-bond acceptors (Lipinski definition) is 4. The van der Waals surface area contributed by atoms with Gasteiger partial charge in [-0.15, -0.1) is 0 Å². The van der Waals surface area contributed by atoms with Crippen LogP contribution >= 0.6 is 0 Å². The molecule has 0 aliphatic heterocycles. The average Bonchev–Trinajstić information content (AvgIpc) is 2.38. The molecule has 118 valence electrons. The number of benzene rings is 1. The minimum Gasteiger partial charge on any atom is -0.378 e. The molecule has 0 atom stereocenters. The first-order valence-corrected chi connectivity index (χ1v) is 8.51. The van der Waals surface area contributed by atoms with Gasteiger partial charge in [-0.1, -0.05) is 6.07 Å². The van der Waals surface area contributed by atoms with E-state index in [2.05, 4.69) is 10.0 Å². The van der Waals surface area contributed by atoms with Crippen molar-refractivity contribution in [3.63, 3.8) is 0 Å². The van der Waals surface area contributed by atoms with Crippen molar-refractivity contribution in [3.8, 4) is 0 Å². The van der Waals surface area contributed by atoms with E-state index in [-0.39, 0.29) is 17.0 Å². The topological polar surface area (TPSA) is 67.4 Å². The lowest BCUT2D eigenvalue weighted by molar-refractivity contribution is -0.00476. The summed E-state index contributed by atoms with van der Waals surface area (Å²) in [6.45, 7) is 3.00. The highest BCUT2D eigenvalue weighted by Gasteiger charge is 2.34. The van der Waals surface area contributed by atoms with Gasteiger partial charge in [0.15, 0.2) is 0 Å². The normalized spacial score (nSPS) is 22.0. The average molecular weight is 316 g/mol. The summed E-state index contributed by atoms with van der Waals surface area (Å²) in [5, 5.41) is 2.91. The van der Waals surface area contributed by atoms with Crippen LogP contribution in [0.15, 0.2) is 23.1 Å². The largest absolute Gasteiger partial charge is 0.378 e. The predicted molar refractivity (Wildman–Crippen MR) is 77.9 cm³/mol. The van der Waals surface area contributed by atoms with Crippen LogP contribution in [0.5, 0.6) is 0 Å². The zero-order chi connectivity index (χ0) is 15.5. The van der Waals surface area contributed by atoms with Crippen LogP contribution in [0, 0.1) is 5.82 Å². The fourth-order valence-electron chi connectivity index (χ4n) is 2.38. The molecule has 0 radical (unpaired) electrons. The minimum absolute atomic E-state index is 0.100. The maximum atomic E-state index is 13.8. The van der Waals surface area contributed by atoms with Gasteiger partial charge < -0.3 is 10.1 Å². The summed E-state index contributed by atoms with van der Waals surface area (Å²) >= 11 is 0. The van der Waals surface area contributed by atoms with E-state index in [4.69, 9.17) is 4.74 Å². The highest BCUT2D eigenvalue weighted by Crippen LogP contribution is 2.26. The Kier molecular flexibility index (Phi) is 5.32. The van der Waals surface area contributed by atoms with E-state index in [9.17, 15) is 12.8 Å². The van der Waals surface area contributed by atoms with E-state index in [0.717, 1.165) is 5.56 Å². The lowest BCUT2D eigenvalue weighted by Gasteiger charge is -2.35. The maximum Gasteiger partial charge on any atom is 0.243 e. The Bertz CT molecular complexity index is 586. The van der Waals surface area contributed by atoms with Crippen LogP contribution in [0.3, 0.4) is 0 Å². The van der Waals surface area contributed by atoms with Crippen LogP contribution in [0.1, 0.15) is 25.3 Å². The number of halogens is 1. The third-order valence-corrected chi connectivity index (χ3v) is 5.02. The van der Waals surface area contributed by atoms with Gasteiger partial charge in [-0.25, -0.2) is 17.5 Å². The van der Waals surface area contributed by atoms with Crippen LogP contribution in [0.25, 0.3) is 0 Å². The summed E-state index contributed by atoms with van der Waals surface area (Å²) in [5.41, 5.74) is 0.722. The van der Waals surface area contributed by atoms with Gasteiger partial charge in [-0.3, -0.25) is 0 Å². The van der Waals surface area contributed by atoms with Gasteiger partial charge in [-0.05, 0) is 44.5 Å². The van der Waals surface area contributed by atoms with E-state index in [1.807, 2.05) is 6.92 Å². The molecule has 0 bridgehead atoms. The molecule has 2 N–H and O–H groups in total. The third kappa shape index (κ3) is 4.00. The molecule has 21 heavy (non-hydrogen) atoms. The van der Waals surface area contributed by atoms with Crippen LogP contribution in [-0.4, -0.2) is 34.2 Å². The molecule has 1 saturated carbocycles. The van der Waals surface area contributed by atoms with Crippen molar-refractivity contribution < 1.29 is 17.5 Å². The van der Waals surface area contributed by atoms with Gasteiger partial charge >= 0.3 is 0 Å². The fourth-order valence-corrected chi connectivity index (χ4v) is 3.77. The molecule has 1 aromatic carbocycles. The Morgan fingerprint density at radius 1 is 1.38 bits per heavy atom. The highest BCUT2D eigenvalue weighted by atomic mass is 32.2. The van der Waals surface area contributed by atoms with E-state index < -0.39 is 15.8 Å². The Morgan fingerprint density at radius 2 is 2.10 bits per heavy atom. The summed E-state index contributed by atoms with van der Waals surface area (Å²) in [6.07, 6.45) is 1.36. The molecule has 1 aliphatic rings. The van der Waals surface area contributed by atoms with E-state index in [1.165, 1.54) is 12.1 Å². The van der Waals surface area contributed by atoms with E-state index in [1.54, 1.807) is 13.1 Å². The van der Waals surface area contributed by atoms with Crippen molar-refractivity contribution in [1.82, 2.24) is 10.0 Å². The molecule has 0 aromatic heterocycles. The fraction of sp³-hybridized carbons (Fsp3) is 0.571. The van der Waals surface area contributed by atoms with Gasteiger partial charge in [0.1, 0.15) is 10.7 Å². The van der Waals surface area contributed by atoms with Crippen molar-refractivity contribution >= 4 is 10.0 Å². The van der Waals surface area contributed by atoms with Crippen molar-refractivity contribution in [2.75, 3.05) is 13.7 Å². The predicted octanol–water partition coefficient (Wildman–Crippen LogP) is 1.39. The molecule has 1 aliphatic carbocycles. The number of hydrogen-bond donors (Lipinski definition) is 2. The first kappa shape index (κ1) is 16.4. The third-order valence-electron chi connectivity index (χ3n) is 3.49. The molecule has 5 nitrogen and oxygen atoms in total. The molecular formula is C14H21FN2O3S. The second-order valence-electron chi connectivity index (χ2n) is 5.16. The molecule has 0 spiro atoms. The van der Waals surface area contributed by atoms with Crippen molar-refractivity contribution in [2.24, 2.45) is 0 Å². The number of rotatable bonds is 7. The van der Waals surface area contributed by atoms with Crippen LogP contribution in [0.2, 0.25) is 0 Å². The molecule has 0 unspecified atom stereocenters. The first-order chi connectivity index (χ1) is 9.96. The van der Waals surface area contributed by atoms with Crippen molar-refractivity contribution in [1.29, 1.82) is 0 Å². The Hall–Kier alpha value is -1.02. The highest BCUT2D eigenvalue weighted by molar-refractivity contribution is 7.89. The summed E-state index contributed by atoms with van der Waals surface area (Å²) in [4.78, 5) is -0.296. The monoisotopic (exact) mass is 316 g/mol. The molecular weight excluding hydrogens is 295 g/mol. The molecule has 1 fully saturated rings. The molecule has 0 heterocycles. The summed E-state index contributed by atoms with van der Waals surface area (Å²) in [7, 11) is -2.09. The van der Waals surface area contributed by atoms with Crippen LogP contribution in [-0.2, 0) is 21.3 Å². The van der Waals surface area contributed by atoms with E-state index in [0.29, 0.717) is 26.0 Å². The minimum atomic E-state index is -3.84. The molecule has 0 amide bonds. The number of sulfonamides is 1. The second-order valence-corrected chi connectivity index (χ2v) is 6.84. The van der Waals surface area contributed by atoms with Crippen molar-refractivity contribution in [3.05, 3.63) is 29.6 Å². The zero-order valence-electron chi connectivity index (χ0n) is 12.2. The molecule has 0 saturated heterocycles. The maximum absolute atomic E-state index is 13.8. The van der Waals surface area contributed by atoms with Crippen LogP contribution < -0.4 is 10.0 Å². The standard InChI is InChI=1S/C14H21FN2O3S/c1-3-20-12-7-11(8-12)17-21(18,19)14-6-10(9-16-2)4-5-13(14)15/h4-6,11-12,16-17H,3,7-9H2,1-2H3. The molecule has 7 heteroatoms. The second kappa shape index (κ2) is 6.83. The van der Waals surface area contributed by atoms with Gasteiger partial charge in [0.25, 0.3) is 0 Å². The number of nitrogens with one attached hydrogen (secondary N) is 2. The quantitative estimate of drug-likeness (QED) is 0.798. The van der Waals surface area contributed by atoms with Crippen LogP contribution in [0.4, 0.5) is 4.39 Å². The molecule has 2 rings (SSSR count). The zero-order valence-corrected chi connectivity index (χ0v) is 13.0. The van der Waals surface area contributed by atoms with Crippen molar-refractivity contribution in [2.45, 2.75) is 43.4 Å². The van der Waals surface area contributed by atoms with Gasteiger partial charge in [-0.2, -0.15) is 0 Å². The lowest BCUT2D eigenvalue weighted by Crippen LogP contribution is -2.47. The summed E-state index contributed by atoms with van der Waals surface area (Å²) in [5.74, 6) is -0.733. The lowest BCUT2D eigenvalue weighted by atomic mass is 9.90. The Morgan fingerprint density at radius 3 is 2.71 bits per heavy atom. The number of ether oxygens (including phenoxy) is 1. The smallest absolute Gasteiger partial charge is 0.243 e. The SMILES string of the molecule is CCOC1CC(NS(=O)(=O)c2cc(CNC)ccc2F)C1. The molecule has 1 aromatic rings. The summed E-state index contributed by atoms with van der Waals surface area (Å²) < 4.78 is 46.3. The Balaban J connectivity index is 2.07. The van der Waals surface area contributed by atoms with Gasteiger partial charge in [0.05, 0.1) is 6.10 Å². The van der Waals surface area contributed by atoms with E-state index >= 15 is 0 Å². The summed E-state index contributed by atoms with van der Waals surface area (Å²) in [6, 6.07) is 3.94. The van der Waals surface area contributed by atoms with Gasteiger partial charge in [0.2, 0.25) is 10.0 Å². The van der Waals surface area contributed by atoms with Gasteiger partial charge in [0, 0.05) is 19.2 Å². The Labute approximate surface area is 124 Å².